The minimum absolute atomic E-state index is 0.0305. The van der Waals surface area contributed by atoms with Gasteiger partial charge in [0.1, 0.15) is 0 Å². The number of nitrogens with one attached hydrogen (secondary N) is 1. The minimum Gasteiger partial charge on any atom is -0.378 e. The first-order chi connectivity index (χ1) is 9.95. The molecule has 1 unspecified atom stereocenters. The molecule has 1 aromatic carbocycles. The van der Waals surface area contributed by atoms with Crippen LogP contribution in [0.5, 0.6) is 0 Å². The van der Waals surface area contributed by atoms with Crippen molar-refractivity contribution in [3.05, 3.63) is 49.2 Å². The molecular formula is C15H13F3INS. The summed E-state index contributed by atoms with van der Waals surface area (Å²) >= 11 is 4.01. The maximum atomic E-state index is 13.1. The van der Waals surface area contributed by atoms with Crippen LogP contribution >= 0.6 is 33.9 Å². The lowest BCUT2D eigenvalue weighted by atomic mass is 9.93. The van der Waals surface area contributed by atoms with Crippen molar-refractivity contribution in [2.24, 2.45) is 0 Å². The predicted molar refractivity (Wildman–Crippen MR) is 87.8 cm³/mol. The van der Waals surface area contributed by atoms with Crippen molar-refractivity contribution in [3.63, 3.8) is 0 Å². The van der Waals surface area contributed by atoms with Crippen LogP contribution < -0.4 is 5.32 Å². The summed E-state index contributed by atoms with van der Waals surface area (Å²) in [5.74, 6) is 0. The van der Waals surface area contributed by atoms with E-state index in [0.717, 1.165) is 30.9 Å². The average molecular weight is 423 g/mol. The van der Waals surface area contributed by atoms with Crippen molar-refractivity contribution >= 4 is 39.6 Å². The molecule has 0 saturated heterocycles. The fraction of sp³-hybridized carbons (Fsp3) is 0.333. The first kappa shape index (κ1) is 15.1. The summed E-state index contributed by atoms with van der Waals surface area (Å²) in [6.07, 6.45) is -1.42. The van der Waals surface area contributed by atoms with E-state index in [4.69, 9.17) is 0 Å². The molecule has 1 aromatic heterocycles. The first-order valence-corrected chi connectivity index (χ1v) is 8.55. The molecule has 2 aromatic rings. The highest BCUT2D eigenvalue weighted by molar-refractivity contribution is 14.1. The lowest BCUT2D eigenvalue weighted by Crippen LogP contribution is -2.18. The van der Waals surface area contributed by atoms with Crippen LogP contribution in [-0.4, -0.2) is 0 Å². The molecule has 112 valence electrons. The average Bonchev–Trinajstić information content (AvgIpc) is 2.79. The van der Waals surface area contributed by atoms with Crippen molar-refractivity contribution in [1.29, 1.82) is 0 Å². The number of benzene rings is 1. The Balaban J connectivity index is 1.92. The smallest absolute Gasteiger partial charge is 0.378 e. The number of para-hydroxylation sites is 1. The maximum absolute atomic E-state index is 13.1. The zero-order valence-electron chi connectivity index (χ0n) is 11.0. The number of aryl methyl sites for hydroxylation is 1. The zero-order chi connectivity index (χ0) is 15.0. The summed E-state index contributed by atoms with van der Waals surface area (Å²) in [6.45, 7) is 0. The number of thiophene rings is 1. The Hall–Kier alpha value is -0.760. The van der Waals surface area contributed by atoms with Crippen molar-refractivity contribution in [3.8, 4) is 0 Å². The van der Waals surface area contributed by atoms with Crippen LogP contribution in [0.1, 0.15) is 34.9 Å². The van der Waals surface area contributed by atoms with E-state index >= 15 is 0 Å². The summed E-state index contributed by atoms with van der Waals surface area (Å²) in [7, 11) is 0. The number of hydrogen-bond acceptors (Lipinski definition) is 2. The third-order valence-electron chi connectivity index (χ3n) is 3.65. The standard InChI is InChI=1S/C15H13F3INS/c16-15(17,18)10-4-1-2-5-12(10)20-11-6-3-7-13-9(11)8-14(19)21-13/h1-2,4-5,8,11,20H,3,6-7H2. The second kappa shape index (κ2) is 5.79. The van der Waals surface area contributed by atoms with Gasteiger partial charge in [-0.15, -0.1) is 11.3 Å². The Bertz CT molecular complexity index is 651. The summed E-state index contributed by atoms with van der Waals surface area (Å²) in [5.41, 5.74) is 0.735. The quantitative estimate of drug-likeness (QED) is 0.597. The summed E-state index contributed by atoms with van der Waals surface area (Å²) in [4.78, 5) is 1.30. The third kappa shape index (κ3) is 3.21. The van der Waals surface area contributed by atoms with Gasteiger partial charge >= 0.3 is 6.18 Å². The fourth-order valence-corrected chi connectivity index (χ4v) is 4.83. The van der Waals surface area contributed by atoms with E-state index in [-0.39, 0.29) is 11.7 Å². The fourth-order valence-electron chi connectivity index (χ4n) is 2.72. The van der Waals surface area contributed by atoms with Gasteiger partial charge in [-0.3, -0.25) is 0 Å². The molecule has 0 fully saturated rings. The van der Waals surface area contributed by atoms with Gasteiger partial charge in [-0.2, -0.15) is 13.2 Å². The summed E-state index contributed by atoms with van der Waals surface area (Å²) in [5, 5.41) is 3.11. The van der Waals surface area contributed by atoms with Crippen molar-refractivity contribution in [2.75, 3.05) is 5.32 Å². The van der Waals surface area contributed by atoms with Crippen LogP contribution in [0.15, 0.2) is 30.3 Å². The highest BCUT2D eigenvalue weighted by Crippen LogP contribution is 2.41. The van der Waals surface area contributed by atoms with Crippen molar-refractivity contribution in [2.45, 2.75) is 31.5 Å². The SMILES string of the molecule is FC(F)(F)c1ccccc1NC1CCCc2sc(I)cc21. The van der Waals surface area contributed by atoms with Crippen LogP contribution in [0.4, 0.5) is 18.9 Å². The third-order valence-corrected chi connectivity index (χ3v) is 5.62. The molecular weight excluding hydrogens is 410 g/mol. The lowest BCUT2D eigenvalue weighted by Gasteiger charge is -2.26. The van der Waals surface area contributed by atoms with Crippen LogP contribution in [0, 0.1) is 2.88 Å². The minimum atomic E-state index is -4.33. The van der Waals surface area contributed by atoms with Crippen LogP contribution in [0.2, 0.25) is 0 Å². The number of rotatable bonds is 2. The monoisotopic (exact) mass is 423 g/mol. The highest BCUT2D eigenvalue weighted by atomic mass is 127. The Kier molecular flexibility index (Phi) is 4.18. The van der Waals surface area contributed by atoms with E-state index in [0.29, 0.717) is 0 Å². The lowest BCUT2D eigenvalue weighted by molar-refractivity contribution is -0.137. The van der Waals surface area contributed by atoms with E-state index in [1.54, 1.807) is 17.4 Å². The van der Waals surface area contributed by atoms with E-state index in [9.17, 15) is 13.2 Å². The topological polar surface area (TPSA) is 12.0 Å². The van der Waals surface area contributed by atoms with E-state index in [1.807, 2.05) is 0 Å². The molecule has 3 rings (SSSR count). The number of anilines is 1. The summed E-state index contributed by atoms with van der Waals surface area (Å²) in [6, 6.07) is 7.76. The molecule has 0 bridgehead atoms. The Morgan fingerprint density at radius 2 is 2.00 bits per heavy atom. The number of halogens is 4. The van der Waals surface area contributed by atoms with Crippen molar-refractivity contribution in [1.82, 2.24) is 0 Å². The van der Waals surface area contributed by atoms with Gasteiger partial charge in [-0.25, -0.2) is 0 Å². The Morgan fingerprint density at radius 1 is 1.24 bits per heavy atom. The first-order valence-electron chi connectivity index (χ1n) is 6.66. The van der Waals surface area contributed by atoms with Gasteiger partial charge < -0.3 is 5.32 Å². The Labute approximate surface area is 138 Å². The predicted octanol–water partition coefficient (Wildman–Crippen LogP) is 5.86. The Morgan fingerprint density at radius 3 is 2.76 bits per heavy atom. The van der Waals surface area contributed by atoms with E-state index < -0.39 is 11.7 Å². The molecule has 0 radical (unpaired) electrons. The highest BCUT2D eigenvalue weighted by Gasteiger charge is 2.34. The van der Waals surface area contributed by atoms with Gasteiger partial charge in [0, 0.05) is 10.6 Å². The van der Waals surface area contributed by atoms with Gasteiger partial charge in [-0.05, 0) is 65.6 Å². The molecule has 21 heavy (non-hydrogen) atoms. The number of hydrogen-bond donors (Lipinski definition) is 1. The molecule has 0 amide bonds. The second-order valence-electron chi connectivity index (χ2n) is 5.06. The zero-order valence-corrected chi connectivity index (χ0v) is 14.0. The molecule has 1 aliphatic carbocycles. The molecule has 1 nitrogen and oxygen atoms in total. The normalized spacial score (nSPS) is 18.4. The molecule has 0 spiro atoms. The number of alkyl halides is 3. The van der Waals surface area contributed by atoms with Gasteiger partial charge in [0.2, 0.25) is 0 Å². The van der Waals surface area contributed by atoms with Gasteiger partial charge in [0.25, 0.3) is 0 Å². The largest absolute Gasteiger partial charge is 0.418 e. The number of fused-ring (bicyclic) bond motifs is 1. The van der Waals surface area contributed by atoms with Crippen LogP contribution in [0.3, 0.4) is 0 Å². The molecule has 0 aliphatic heterocycles. The molecule has 1 N–H and O–H groups in total. The molecule has 6 heteroatoms. The molecule has 1 heterocycles. The van der Waals surface area contributed by atoms with Crippen LogP contribution in [0.25, 0.3) is 0 Å². The van der Waals surface area contributed by atoms with Gasteiger partial charge in [0.15, 0.2) is 0 Å². The molecule has 1 aliphatic rings. The van der Waals surface area contributed by atoms with Gasteiger partial charge in [0.05, 0.1) is 14.5 Å². The van der Waals surface area contributed by atoms with Crippen molar-refractivity contribution < 1.29 is 13.2 Å². The molecule has 1 atom stereocenters. The molecule has 0 saturated carbocycles. The second-order valence-corrected chi connectivity index (χ2v) is 8.09. The van der Waals surface area contributed by atoms with E-state index in [1.165, 1.54) is 19.9 Å². The van der Waals surface area contributed by atoms with Crippen LogP contribution in [-0.2, 0) is 12.6 Å². The van der Waals surface area contributed by atoms with Gasteiger partial charge in [-0.1, -0.05) is 12.1 Å². The summed E-state index contributed by atoms with van der Waals surface area (Å²) < 4.78 is 40.4. The maximum Gasteiger partial charge on any atom is 0.418 e. The van der Waals surface area contributed by atoms with E-state index in [2.05, 4.69) is 34.0 Å².